The number of hydrogen-bond donors (Lipinski definition) is 3. The summed E-state index contributed by atoms with van der Waals surface area (Å²) < 4.78 is 11.3. The van der Waals surface area contributed by atoms with Crippen LogP contribution >= 0.6 is 11.6 Å². The molecule has 1 aromatic rings. The fraction of sp³-hybridized carbons (Fsp3) is 0.692. The Morgan fingerprint density at radius 3 is 2.61 bits per heavy atom. The number of unbranched alkanes of at least 4 members (excludes halogenated alkanes) is 5. The highest BCUT2D eigenvalue weighted by atomic mass is 35.5. The van der Waals surface area contributed by atoms with Crippen molar-refractivity contribution < 1.29 is 34.4 Å². The van der Waals surface area contributed by atoms with Crippen LogP contribution in [0.3, 0.4) is 0 Å². The molecule has 3 aliphatic heterocycles. The van der Waals surface area contributed by atoms with E-state index in [1.54, 1.807) is 23.1 Å². The summed E-state index contributed by atoms with van der Waals surface area (Å²) in [7, 11) is 0. The maximum atomic E-state index is 13.6. The number of aliphatic hydroxyl groups is 3. The SMILES string of the molecule is CCCCCCCCO[C@H]1[C@H](O)[C@@H](CN2C(=O)C3CCCN3C(=O)c3cc(Cl)ccc32)OC(O)[C@@H]1O. The first-order valence-electron chi connectivity index (χ1n) is 13.1. The lowest BCUT2D eigenvalue weighted by molar-refractivity contribution is -0.287. The highest BCUT2D eigenvalue weighted by Crippen LogP contribution is 2.35. The van der Waals surface area contributed by atoms with Gasteiger partial charge in [0.2, 0.25) is 5.91 Å². The van der Waals surface area contributed by atoms with Gasteiger partial charge in [-0.2, -0.15) is 0 Å². The van der Waals surface area contributed by atoms with Crippen molar-refractivity contribution in [3.63, 3.8) is 0 Å². The van der Waals surface area contributed by atoms with Crippen molar-refractivity contribution in [3.05, 3.63) is 28.8 Å². The summed E-state index contributed by atoms with van der Waals surface area (Å²) >= 11 is 6.17. The van der Waals surface area contributed by atoms with Gasteiger partial charge in [-0.3, -0.25) is 9.59 Å². The van der Waals surface area contributed by atoms with Crippen LogP contribution in [-0.4, -0.2) is 88.5 Å². The van der Waals surface area contributed by atoms with Crippen LogP contribution in [0.25, 0.3) is 0 Å². The number of aliphatic hydroxyl groups excluding tert-OH is 3. The smallest absolute Gasteiger partial charge is 0.256 e. The van der Waals surface area contributed by atoms with Crippen LogP contribution in [-0.2, 0) is 14.3 Å². The molecule has 2 saturated heterocycles. The van der Waals surface area contributed by atoms with E-state index in [0.29, 0.717) is 42.3 Å². The van der Waals surface area contributed by atoms with Gasteiger partial charge in [-0.1, -0.05) is 50.6 Å². The van der Waals surface area contributed by atoms with E-state index in [1.165, 1.54) is 17.7 Å². The molecule has 10 heteroatoms. The van der Waals surface area contributed by atoms with Crippen molar-refractivity contribution in [2.75, 3.05) is 24.6 Å². The normalized spacial score (nSPS) is 30.4. The minimum absolute atomic E-state index is 0.118. The number of nitrogens with zero attached hydrogens (tertiary/aromatic N) is 2. The highest BCUT2D eigenvalue weighted by Gasteiger charge is 2.48. The second-order valence-electron chi connectivity index (χ2n) is 9.92. The van der Waals surface area contributed by atoms with Crippen LogP contribution in [0, 0.1) is 0 Å². The number of carbonyl (C=O) groups excluding carboxylic acids is 2. The highest BCUT2D eigenvalue weighted by molar-refractivity contribution is 6.31. The molecule has 3 aliphatic rings. The Morgan fingerprint density at radius 2 is 1.83 bits per heavy atom. The molecule has 3 heterocycles. The minimum atomic E-state index is -1.58. The quantitative estimate of drug-likeness (QED) is 0.402. The van der Waals surface area contributed by atoms with Gasteiger partial charge in [0.05, 0.1) is 17.8 Å². The molecule has 6 atom stereocenters. The number of benzene rings is 1. The lowest BCUT2D eigenvalue weighted by Gasteiger charge is -2.42. The number of rotatable bonds is 10. The van der Waals surface area contributed by atoms with E-state index in [9.17, 15) is 24.9 Å². The molecule has 4 rings (SSSR count). The fourth-order valence-corrected chi connectivity index (χ4v) is 5.54. The zero-order valence-corrected chi connectivity index (χ0v) is 21.5. The molecule has 1 aromatic carbocycles. The Labute approximate surface area is 216 Å². The maximum absolute atomic E-state index is 13.6. The average Bonchev–Trinajstić information content (AvgIpc) is 3.33. The third kappa shape index (κ3) is 5.71. The second-order valence-corrected chi connectivity index (χ2v) is 10.4. The molecule has 0 bridgehead atoms. The lowest BCUT2D eigenvalue weighted by Crippen LogP contribution is -2.61. The third-order valence-corrected chi connectivity index (χ3v) is 7.61. The summed E-state index contributed by atoms with van der Waals surface area (Å²) in [4.78, 5) is 29.8. The summed E-state index contributed by atoms with van der Waals surface area (Å²) in [6.45, 7) is 2.86. The van der Waals surface area contributed by atoms with Gasteiger partial charge in [0, 0.05) is 18.2 Å². The standard InChI is InChI=1S/C26H37ClN2O7/c1-2-3-4-5-6-7-13-35-23-21(30)20(36-26(34)22(23)31)15-29-18-11-10-16(27)14-17(18)24(32)28-12-8-9-19(28)25(29)33/h10-11,14,19-23,26,30-31,34H,2-9,12-13,15H2,1H3/t19?,20-,21-,22-,23+,26?/m1/s1. The van der Waals surface area contributed by atoms with Gasteiger partial charge in [-0.15, -0.1) is 0 Å². The van der Waals surface area contributed by atoms with Gasteiger partial charge in [0.25, 0.3) is 5.91 Å². The van der Waals surface area contributed by atoms with E-state index in [0.717, 1.165) is 25.7 Å². The summed E-state index contributed by atoms with van der Waals surface area (Å²) in [5.74, 6) is -0.533. The molecule has 2 unspecified atom stereocenters. The molecule has 36 heavy (non-hydrogen) atoms. The van der Waals surface area contributed by atoms with Gasteiger partial charge in [-0.25, -0.2) is 0 Å². The average molecular weight is 525 g/mol. The first-order chi connectivity index (χ1) is 17.3. The molecular formula is C26H37ClN2O7. The monoisotopic (exact) mass is 524 g/mol. The van der Waals surface area contributed by atoms with E-state index in [2.05, 4.69) is 6.92 Å². The molecule has 0 radical (unpaired) electrons. The number of fused-ring (bicyclic) bond motifs is 2. The van der Waals surface area contributed by atoms with E-state index < -0.39 is 36.7 Å². The topological polar surface area (TPSA) is 120 Å². The molecule has 2 amide bonds. The van der Waals surface area contributed by atoms with Crippen LogP contribution in [0.5, 0.6) is 0 Å². The summed E-state index contributed by atoms with van der Waals surface area (Å²) in [5.41, 5.74) is 0.687. The second kappa shape index (κ2) is 12.2. The molecule has 9 nitrogen and oxygen atoms in total. The number of anilines is 1. The molecule has 0 aromatic heterocycles. The van der Waals surface area contributed by atoms with Gasteiger partial charge in [0.1, 0.15) is 30.5 Å². The van der Waals surface area contributed by atoms with Crippen LogP contribution in [0.2, 0.25) is 5.02 Å². The van der Waals surface area contributed by atoms with E-state index in [1.807, 2.05) is 0 Å². The molecule has 3 N–H and O–H groups in total. The number of halogens is 1. The third-order valence-electron chi connectivity index (χ3n) is 7.38. The minimum Gasteiger partial charge on any atom is -0.388 e. The fourth-order valence-electron chi connectivity index (χ4n) is 5.37. The largest absolute Gasteiger partial charge is 0.388 e. The molecule has 0 saturated carbocycles. The molecular weight excluding hydrogens is 488 g/mol. The lowest BCUT2D eigenvalue weighted by atomic mass is 9.97. The van der Waals surface area contributed by atoms with Gasteiger partial charge < -0.3 is 34.6 Å². The zero-order chi connectivity index (χ0) is 25.8. The van der Waals surface area contributed by atoms with Crippen molar-refractivity contribution in [1.29, 1.82) is 0 Å². The molecule has 0 aliphatic carbocycles. The Bertz CT molecular complexity index is 932. The van der Waals surface area contributed by atoms with Crippen LogP contribution in [0.1, 0.15) is 68.6 Å². The summed E-state index contributed by atoms with van der Waals surface area (Å²) in [5, 5.41) is 32.2. The van der Waals surface area contributed by atoms with Gasteiger partial charge >= 0.3 is 0 Å². The van der Waals surface area contributed by atoms with Crippen molar-refractivity contribution in [2.45, 2.75) is 95.0 Å². The van der Waals surface area contributed by atoms with E-state index in [4.69, 9.17) is 21.1 Å². The predicted molar refractivity (Wildman–Crippen MR) is 134 cm³/mol. The van der Waals surface area contributed by atoms with Crippen molar-refractivity contribution in [1.82, 2.24) is 4.90 Å². The van der Waals surface area contributed by atoms with Crippen LogP contribution < -0.4 is 4.90 Å². The van der Waals surface area contributed by atoms with Crippen molar-refractivity contribution in [2.24, 2.45) is 0 Å². The Balaban J connectivity index is 1.49. The summed E-state index contributed by atoms with van der Waals surface area (Å²) in [6.07, 6.45) is 1.25. The molecule has 2 fully saturated rings. The van der Waals surface area contributed by atoms with Crippen molar-refractivity contribution >= 4 is 29.1 Å². The number of amides is 2. The Morgan fingerprint density at radius 1 is 1.08 bits per heavy atom. The number of ether oxygens (including phenoxy) is 2. The Kier molecular flexibility index (Phi) is 9.24. The van der Waals surface area contributed by atoms with Gasteiger partial charge in [-0.05, 0) is 37.5 Å². The Hall–Kier alpha value is -1.75. The van der Waals surface area contributed by atoms with E-state index in [-0.39, 0.29) is 18.4 Å². The van der Waals surface area contributed by atoms with Gasteiger partial charge in [0.15, 0.2) is 6.29 Å². The summed E-state index contributed by atoms with van der Waals surface area (Å²) in [6, 6.07) is 4.15. The van der Waals surface area contributed by atoms with Crippen LogP contribution in [0.15, 0.2) is 18.2 Å². The predicted octanol–water partition coefficient (Wildman–Crippen LogP) is 2.48. The van der Waals surface area contributed by atoms with E-state index >= 15 is 0 Å². The number of carbonyl (C=O) groups is 2. The first kappa shape index (κ1) is 27.3. The molecule has 200 valence electrons. The van der Waals surface area contributed by atoms with Crippen molar-refractivity contribution in [3.8, 4) is 0 Å². The van der Waals surface area contributed by atoms with Crippen LogP contribution in [0.4, 0.5) is 5.69 Å². The number of hydrogen-bond acceptors (Lipinski definition) is 7. The first-order valence-corrected chi connectivity index (χ1v) is 13.4. The zero-order valence-electron chi connectivity index (χ0n) is 20.7. The maximum Gasteiger partial charge on any atom is 0.256 e. The molecule has 0 spiro atoms.